The van der Waals surface area contributed by atoms with Crippen molar-refractivity contribution in [3.8, 4) is 5.75 Å². The summed E-state index contributed by atoms with van der Waals surface area (Å²) in [5, 5.41) is 3.68. The molecule has 0 aliphatic carbocycles. The quantitative estimate of drug-likeness (QED) is 0.874. The Balaban J connectivity index is 1.48. The molecule has 110 valence electrons. The van der Waals surface area contributed by atoms with E-state index in [1.54, 1.807) is 7.11 Å². The van der Waals surface area contributed by atoms with Gasteiger partial charge in [0.2, 0.25) is 0 Å². The Hall–Kier alpha value is -1.96. The summed E-state index contributed by atoms with van der Waals surface area (Å²) >= 11 is 0. The maximum absolute atomic E-state index is 5.19. The Bertz CT molecular complexity index is 576. The van der Waals surface area contributed by atoms with Crippen LogP contribution < -0.4 is 10.1 Å². The Morgan fingerprint density at radius 2 is 1.90 bits per heavy atom. The number of ether oxygens (including phenoxy) is 1. The summed E-state index contributed by atoms with van der Waals surface area (Å²) in [6.07, 6.45) is 6.06. The molecule has 1 unspecified atom stereocenters. The van der Waals surface area contributed by atoms with Crippen LogP contribution in [-0.4, -0.2) is 13.2 Å². The van der Waals surface area contributed by atoms with Crippen LogP contribution in [0.3, 0.4) is 0 Å². The van der Waals surface area contributed by atoms with Crippen LogP contribution in [-0.2, 0) is 12.8 Å². The largest absolute Gasteiger partial charge is 0.497 e. The van der Waals surface area contributed by atoms with Gasteiger partial charge >= 0.3 is 0 Å². The van der Waals surface area contributed by atoms with E-state index in [4.69, 9.17) is 4.74 Å². The Labute approximate surface area is 127 Å². The first-order valence-corrected chi connectivity index (χ1v) is 7.82. The van der Waals surface area contributed by atoms with Crippen molar-refractivity contribution in [1.82, 2.24) is 0 Å². The third kappa shape index (κ3) is 3.57. The molecule has 2 nitrogen and oxygen atoms in total. The molecule has 3 rings (SSSR count). The van der Waals surface area contributed by atoms with Gasteiger partial charge in [0.1, 0.15) is 5.75 Å². The lowest BCUT2D eigenvalue weighted by molar-refractivity contribution is 0.414. The fraction of sp³-hybridized carbons (Fsp3) is 0.368. The standard InChI is InChI=1S/C19H23NO/c1-21-18-13-9-15(10-14-18)5-4-7-17-12-11-16-6-2-3-8-19(16)20-17/h2-3,6,8-10,13-14,17,20H,4-5,7,11-12H2,1H3. The fourth-order valence-corrected chi connectivity index (χ4v) is 3.06. The van der Waals surface area contributed by atoms with Gasteiger partial charge in [0, 0.05) is 11.7 Å². The maximum atomic E-state index is 5.19. The number of hydrogen-bond donors (Lipinski definition) is 1. The number of fused-ring (bicyclic) bond motifs is 1. The predicted molar refractivity (Wildman–Crippen MR) is 88.1 cm³/mol. The zero-order chi connectivity index (χ0) is 14.5. The van der Waals surface area contributed by atoms with Crippen LogP contribution in [0.15, 0.2) is 48.5 Å². The minimum atomic E-state index is 0.623. The molecule has 1 atom stereocenters. The van der Waals surface area contributed by atoms with Crippen molar-refractivity contribution in [3.05, 3.63) is 59.7 Å². The lowest BCUT2D eigenvalue weighted by Gasteiger charge is -2.27. The summed E-state index contributed by atoms with van der Waals surface area (Å²) in [6.45, 7) is 0. The van der Waals surface area contributed by atoms with Gasteiger partial charge in [-0.25, -0.2) is 0 Å². The van der Waals surface area contributed by atoms with Crippen LogP contribution in [0.4, 0.5) is 5.69 Å². The second-order valence-electron chi connectivity index (χ2n) is 5.78. The summed E-state index contributed by atoms with van der Waals surface area (Å²) in [7, 11) is 1.71. The van der Waals surface area contributed by atoms with Crippen molar-refractivity contribution in [2.75, 3.05) is 12.4 Å². The average molecular weight is 281 g/mol. The van der Waals surface area contributed by atoms with E-state index in [0.29, 0.717) is 6.04 Å². The van der Waals surface area contributed by atoms with Crippen LogP contribution in [0.5, 0.6) is 5.75 Å². The second-order valence-corrected chi connectivity index (χ2v) is 5.78. The molecule has 0 amide bonds. The lowest BCUT2D eigenvalue weighted by atomic mass is 9.94. The van der Waals surface area contributed by atoms with Crippen LogP contribution in [0.25, 0.3) is 0 Å². The topological polar surface area (TPSA) is 21.3 Å². The molecule has 1 aliphatic heterocycles. The second kappa shape index (κ2) is 6.66. The Kier molecular flexibility index (Phi) is 4.44. The third-order valence-corrected chi connectivity index (χ3v) is 4.32. The SMILES string of the molecule is COc1ccc(CCCC2CCc3ccccc3N2)cc1. The van der Waals surface area contributed by atoms with Crippen molar-refractivity contribution in [2.45, 2.75) is 38.1 Å². The molecule has 0 aromatic heterocycles. The van der Waals surface area contributed by atoms with Crippen molar-refractivity contribution < 1.29 is 4.74 Å². The van der Waals surface area contributed by atoms with Crippen LogP contribution in [0.1, 0.15) is 30.4 Å². The highest BCUT2D eigenvalue weighted by Crippen LogP contribution is 2.26. The third-order valence-electron chi connectivity index (χ3n) is 4.32. The van der Waals surface area contributed by atoms with E-state index in [0.717, 1.165) is 12.2 Å². The van der Waals surface area contributed by atoms with Crippen LogP contribution in [0.2, 0.25) is 0 Å². The molecule has 1 heterocycles. The van der Waals surface area contributed by atoms with Gasteiger partial charge in [0.15, 0.2) is 0 Å². The Morgan fingerprint density at radius 3 is 2.71 bits per heavy atom. The fourth-order valence-electron chi connectivity index (χ4n) is 3.06. The minimum absolute atomic E-state index is 0.623. The minimum Gasteiger partial charge on any atom is -0.497 e. The predicted octanol–water partition coefficient (Wildman–Crippen LogP) is 4.44. The number of hydrogen-bond acceptors (Lipinski definition) is 2. The number of benzene rings is 2. The molecule has 0 spiro atoms. The van der Waals surface area contributed by atoms with Gasteiger partial charge in [0.05, 0.1) is 7.11 Å². The molecular weight excluding hydrogens is 258 g/mol. The van der Waals surface area contributed by atoms with Gasteiger partial charge in [-0.2, -0.15) is 0 Å². The molecule has 0 saturated heterocycles. The zero-order valence-corrected chi connectivity index (χ0v) is 12.6. The molecule has 2 aromatic rings. The summed E-state index contributed by atoms with van der Waals surface area (Å²) in [5.74, 6) is 0.935. The summed E-state index contributed by atoms with van der Waals surface area (Å²) in [6, 6.07) is 17.7. The van der Waals surface area contributed by atoms with Gasteiger partial charge in [-0.3, -0.25) is 0 Å². The first-order valence-electron chi connectivity index (χ1n) is 7.82. The maximum Gasteiger partial charge on any atom is 0.118 e. The molecule has 0 bridgehead atoms. The van der Waals surface area contributed by atoms with E-state index in [1.807, 2.05) is 12.1 Å². The number of rotatable bonds is 5. The van der Waals surface area contributed by atoms with Gasteiger partial charge in [-0.05, 0) is 61.4 Å². The van der Waals surface area contributed by atoms with Crippen LogP contribution >= 0.6 is 0 Å². The molecule has 21 heavy (non-hydrogen) atoms. The monoisotopic (exact) mass is 281 g/mol. The van der Waals surface area contributed by atoms with E-state index in [1.165, 1.54) is 42.5 Å². The number of para-hydroxylation sites is 1. The lowest BCUT2D eigenvalue weighted by Crippen LogP contribution is -2.25. The molecule has 0 radical (unpaired) electrons. The molecule has 2 aromatic carbocycles. The van der Waals surface area contributed by atoms with Gasteiger partial charge < -0.3 is 10.1 Å². The van der Waals surface area contributed by atoms with Gasteiger partial charge in [-0.1, -0.05) is 30.3 Å². The van der Waals surface area contributed by atoms with E-state index in [-0.39, 0.29) is 0 Å². The van der Waals surface area contributed by atoms with Gasteiger partial charge in [-0.15, -0.1) is 0 Å². The van der Waals surface area contributed by atoms with Crippen molar-refractivity contribution in [1.29, 1.82) is 0 Å². The average Bonchev–Trinajstić information content (AvgIpc) is 2.55. The number of methoxy groups -OCH3 is 1. The summed E-state index contributed by atoms with van der Waals surface area (Å²) in [5.41, 5.74) is 4.19. The van der Waals surface area contributed by atoms with E-state index in [9.17, 15) is 0 Å². The number of anilines is 1. The molecule has 0 saturated carbocycles. The Morgan fingerprint density at radius 1 is 1.10 bits per heavy atom. The summed E-state index contributed by atoms with van der Waals surface area (Å²) < 4.78 is 5.19. The highest BCUT2D eigenvalue weighted by Gasteiger charge is 2.16. The smallest absolute Gasteiger partial charge is 0.118 e. The normalized spacial score (nSPS) is 16.9. The molecule has 1 aliphatic rings. The molecule has 2 heteroatoms. The first kappa shape index (κ1) is 14.0. The van der Waals surface area contributed by atoms with Crippen molar-refractivity contribution in [2.24, 2.45) is 0 Å². The number of nitrogens with one attached hydrogen (secondary N) is 1. The molecule has 0 fully saturated rings. The highest BCUT2D eigenvalue weighted by atomic mass is 16.5. The van der Waals surface area contributed by atoms with E-state index >= 15 is 0 Å². The first-order chi connectivity index (χ1) is 10.3. The van der Waals surface area contributed by atoms with E-state index in [2.05, 4.69) is 41.7 Å². The van der Waals surface area contributed by atoms with Crippen LogP contribution in [0, 0.1) is 0 Å². The van der Waals surface area contributed by atoms with E-state index < -0.39 is 0 Å². The number of aryl methyl sites for hydroxylation is 2. The molecule has 1 N–H and O–H groups in total. The zero-order valence-electron chi connectivity index (χ0n) is 12.6. The summed E-state index contributed by atoms with van der Waals surface area (Å²) in [4.78, 5) is 0. The van der Waals surface area contributed by atoms with Gasteiger partial charge in [0.25, 0.3) is 0 Å². The molecular formula is C19H23NO. The van der Waals surface area contributed by atoms with Crippen molar-refractivity contribution in [3.63, 3.8) is 0 Å². The highest BCUT2D eigenvalue weighted by molar-refractivity contribution is 5.53. The van der Waals surface area contributed by atoms with Crippen molar-refractivity contribution >= 4 is 5.69 Å².